The molecule has 3 rings (SSSR count). The Morgan fingerprint density at radius 1 is 1.35 bits per heavy atom. The Morgan fingerprint density at radius 2 is 2.04 bits per heavy atom. The van der Waals surface area contributed by atoms with Crippen molar-refractivity contribution in [2.45, 2.75) is 39.5 Å². The number of esters is 1. The molecule has 1 aromatic carbocycles. The minimum absolute atomic E-state index is 0.0300. The highest BCUT2D eigenvalue weighted by Crippen LogP contribution is 2.49. The standard InChI is InChI=1S/C20H22ClNO4/c1-4-25-19(24)17-15(11-7-5-6-8-12(11)21)16-13(23)9-20(2,3)10-14(16)26-18(17)22/h5-8,15H,4,9-10,22H2,1-3H3/t15-/m1/s1. The van der Waals surface area contributed by atoms with E-state index in [1.54, 1.807) is 25.1 Å². The van der Waals surface area contributed by atoms with Crippen molar-refractivity contribution in [2.24, 2.45) is 11.1 Å². The third-order valence-electron chi connectivity index (χ3n) is 4.67. The number of carbonyl (C=O) groups excluding carboxylic acids is 2. The Morgan fingerprint density at radius 3 is 2.69 bits per heavy atom. The number of benzene rings is 1. The molecule has 0 saturated heterocycles. The molecule has 6 heteroatoms. The number of halogens is 1. The first-order valence-corrected chi connectivity index (χ1v) is 8.98. The first kappa shape index (κ1) is 18.5. The number of allylic oxidation sites excluding steroid dienone is 2. The number of nitrogens with two attached hydrogens (primary N) is 1. The van der Waals surface area contributed by atoms with Crippen LogP contribution in [0, 0.1) is 5.41 Å². The molecule has 0 unspecified atom stereocenters. The maximum Gasteiger partial charge on any atom is 0.340 e. The van der Waals surface area contributed by atoms with Gasteiger partial charge in [-0.25, -0.2) is 4.79 Å². The van der Waals surface area contributed by atoms with E-state index in [-0.39, 0.29) is 29.3 Å². The van der Waals surface area contributed by atoms with Crippen molar-refractivity contribution in [1.29, 1.82) is 0 Å². The molecule has 2 aliphatic rings. The van der Waals surface area contributed by atoms with Crippen LogP contribution < -0.4 is 5.73 Å². The molecule has 5 nitrogen and oxygen atoms in total. The smallest absolute Gasteiger partial charge is 0.340 e. The number of ether oxygens (including phenoxy) is 2. The molecule has 1 atom stereocenters. The second-order valence-corrected chi connectivity index (χ2v) is 7.74. The van der Waals surface area contributed by atoms with Gasteiger partial charge in [0, 0.05) is 23.4 Å². The molecule has 26 heavy (non-hydrogen) atoms. The van der Waals surface area contributed by atoms with Crippen LogP contribution in [0.25, 0.3) is 0 Å². The predicted octanol–water partition coefficient (Wildman–Crippen LogP) is 3.83. The van der Waals surface area contributed by atoms with Gasteiger partial charge in [0.25, 0.3) is 0 Å². The van der Waals surface area contributed by atoms with Gasteiger partial charge < -0.3 is 15.2 Å². The molecule has 0 bridgehead atoms. The third-order valence-corrected chi connectivity index (χ3v) is 5.01. The van der Waals surface area contributed by atoms with Gasteiger partial charge in [-0.3, -0.25) is 4.79 Å². The Balaban J connectivity index is 2.21. The summed E-state index contributed by atoms with van der Waals surface area (Å²) in [6.07, 6.45) is 0.929. The average Bonchev–Trinajstić information content (AvgIpc) is 2.53. The monoisotopic (exact) mass is 375 g/mol. The van der Waals surface area contributed by atoms with E-state index in [2.05, 4.69) is 0 Å². The van der Waals surface area contributed by atoms with Gasteiger partial charge in [0.1, 0.15) is 11.3 Å². The Hall–Kier alpha value is -2.27. The fourth-order valence-corrected chi connectivity index (χ4v) is 3.86. The molecule has 1 heterocycles. The van der Waals surface area contributed by atoms with Crippen LogP contribution in [0.15, 0.2) is 47.1 Å². The minimum atomic E-state index is -0.685. The summed E-state index contributed by atoms with van der Waals surface area (Å²) in [5.41, 5.74) is 7.09. The Bertz CT molecular complexity index is 838. The highest BCUT2D eigenvalue weighted by atomic mass is 35.5. The lowest BCUT2D eigenvalue weighted by Crippen LogP contribution is -2.35. The SMILES string of the molecule is CCOC(=O)C1=C(N)OC2=C(C(=O)CC(C)(C)C2)[C@H]1c1ccccc1Cl. The lowest BCUT2D eigenvalue weighted by atomic mass is 9.70. The zero-order chi connectivity index (χ0) is 19.1. The molecular weight excluding hydrogens is 354 g/mol. The molecular formula is C20H22ClNO4. The fraction of sp³-hybridized carbons (Fsp3) is 0.400. The first-order chi connectivity index (χ1) is 12.2. The van der Waals surface area contributed by atoms with Gasteiger partial charge in [-0.15, -0.1) is 0 Å². The molecule has 2 N–H and O–H groups in total. The number of hydrogen-bond acceptors (Lipinski definition) is 5. The number of ketones is 1. The van der Waals surface area contributed by atoms with E-state index in [4.69, 9.17) is 26.8 Å². The summed E-state index contributed by atoms with van der Waals surface area (Å²) in [6.45, 7) is 5.91. The molecule has 0 amide bonds. The number of rotatable bonds is 3. The van der Waals surface area contributed by atoms with E-state index in [0.717, 1.165) is 0 Å². The van der Waals surface area contributed by atoms with Gasteiger partial charge in [0.15, 0.2) is 5.78 Å². The van der Waals surface area contributed by atoms with Gasteiger partial charge in [-0.2, -0.15) is 0 Å². The quantitative estimate of drug-likeness (QED) is 0.812. The summed E-state index contributed by atoms with van der Waals surface area (Å²) in [5, 5.41) is 0.457. The number of hydrogen-bond donors (Lipinski definition) is 1. The summed E-state index contributed by atoms with van der Waals surface area (Å²) in [4.78, 5) is 25.6. The Kier molecular flexibility index (Phi) is 4.84. The van der Waals surface area contributed by atoms with Gasteiger partial charge in [0.2, 0.25) is 5.88 Å². The largest absolute Gasteiger partial charge is 0.462 e. The minimum Gasteiger partial charge on any atom is -0.462 e. The van der Waals surface area contributed by atoms with Crippen LogP contribution in [0.2, 0.25) is 5.02 Å². The Labute approximate surface area is 157 Å². The predicted molar refractivity (Wildman–Crippen MR) is 98.2 cm³/mol. The van der Waals surface area contributed by atoms with Gasteiger partial charge >= 0.3 is 5.97 Å². The molecule has 1 aliphatic carbocycles. The van der Waals surface area contributed by atoms with E-state index in [9.17, 15) is 9.59 Å². The number of Topliss-reactive ketones (excluding diaryl/α,β-unsaturated/α-hetero) is 1. The van der Waals surface area contributed by atoms with Crippen molar-refractivity contribution in [3.63, 3.8) is 0 Å². The van der Waals surface area contributed by atoms with E-state index in [0.29, 0.717) is 34.8 Å². The normalized spacial score (nSPS) is 22.0. The molecule has 0 saturated carbocycles. The van der Waals surface area contributed by atoms with E-state index in [1.807, 2.05) is 19.9 Å². The lowest BCUT2D eigenvalue weighted by molar-refractivity contribution is -0.139. The summed E-state index contributed by atoms with van der Waals surface area (Å²) < 4.78 is 10.9. The van der Waals surface area contributed by atoms with Crippen LogP contribution in [0.5, 0.6) is 0 Å². The van der Waals surface area contributed by atoms with Gasteiger partial charge in [-0.05, 0) is 24.0 Å². The molecule has 138 valence electrons. The van der Waals surface area contributed by atoms with Crippen LogP contribution >= 0.6 is 11.6 Å². The van der Waals surface area contributed by atoms with Crippen LogP contribution in [-0.4, -0.2) is 18.4 Å². The van der Waals surface area contributed by atoms with Crippen LogP contribution in [0.1, 0.15) is 45.1 Å². The zero-order valence-electron chi connectivity index (χ0n) is 15.1. The van der Waals surface area contributed by atoms with Gasteiger partial charge in [-0.1, -0.05) is 43.6 Å². The van der Waals surface area contributed by atoms with Crippen molar-refractivity contribution in [1.82, 2.24) is 0 Å². The summed E-state index contributed by atoms with van der Waals surface area (Å²) in [6, 6.07) is 7.13. The maximum atomic E-state index is 13.0. The van der Waals surface area contributed by atoms with Crippen LogP contribution in [-0.2, 0) is 19.1 Å². The lowest BCUT2D eigenvalue weighted by Gasteiger charge is -2.38. The molecule has 1 aromatic rings. The first-order valence-electron chi connectivity index (χ1n) is 8.60. The van der Waals surface area contributed by atoms with E-state index >= 15 is 0 Å². The highest BCUT2D eigenvalue weighted by molar-refractivity contribution is 6.31. The molecule has 0 aromatic heterocycles. The average molecular weight is 376 g/mol. The van der Waals surface area contributed by atoms with E-state index < -0.39 is 11.9 Å². The van der Waals surface area contributed by atoms with Crippen molar-refractivity contribution >= 4 is 23.4 Å². The summed E-state index contributed by atoms with van der Waals surface area (Å²) >= 11 is 6.40. The topological polar surface area (TPSA) is 78.6 Å². The van der Waals surface area contributed by atoms with Crippen molar-refractivity contribution in [2.75, 3.05) is 6.61 Å². The van der Waals surface area contributed by atoms with Crippen LogP contribution in [0.4, 0.5) is 0 Å². The molecule has 0 spiro atoms. The second kappa shape index (κ2) is 6.80. The maximum absolute atomic E-state index is 13.0. The van der Waals surface area contributed by atoms with Crippen LogP contribution in [0.3, 0.4) is 0 Å². The fourth-order valence-electron chi connectivity index (χ4n) is 3.61. The zero-order valence-corrected chi connectivity index (χ0v) is 15.9. The summed E-state index contributed by atoms with van der Waals surface area (Å²) in [5.74, 6) is -0.857. The van der Waals surface area contributed by atoms with Crippen molar-refractivity contribution in [3.8, 4) is 0 Å². The van der Waals surface area contributed by atoms with Gasteiger partial charge in [0.05, 0.1) is 12.5 Å². The third kappa shape index (κ3) is 3.23. The highest BCUT2D eigenvalue weighted by Gasteiger charge is 2.45. The van der Waals surface area contributed by atoms with Crippen molar-refractivity contribution < 1.29 is 19.1 Å². The number of carbonyl (C=O) groups is 2. The molecule has 0 radical (unpaired) electrons. The van der Waals surface area contributed by atoms with E-state index in [1.165, 1.54) is 0 Å². The second-order valence-electron chi connectivity index (χ2n) is 7.33. The summed E-state index contributed by atoms with van der Waals surface area (Å²) in [7, 11) is 0. The molecule has 0 fully saturated rings. The van der Waals surface area contributed by atoms with Crippen molar-refractivity contribution in [3.05, 3.63) is 57.6 Å². The molecule has 1 aliphatic heterocycles.